The van der Waals surface area contributed by atoms with Crippen LogP contribution in [0.25, 0.3) is 4.13 Å². The number of hydrogen-bond donors (Lipinski definition) is 0. The summed E-state index contributed by atoms with van der Waals surface area (Å²) in [6.45, 7) is 0.946. The lowest BCUT2D eigenvalue weighted by Gasteiger charge is -2.22. The lowest BCUT2D eigenvalue weighted by molar-refractivity contribution is -0.688. The van der Waals surface area contributed by atoms with Crippen LogP contribution in [0.2, 0.25) is 0 Å². The summed E-state index contributed by atoms with van der Waals surface area (Å²) in [7, 11) is -13.4. The molecule has 0 aliphatic heterocycles. The summed E-state index contributed by atoms with van der Waals surface area (Å²) in [5.74, 6) is 0. The van der Waals surface area contributed by atoms with Gasteiger partial charge >= 0.3 is 11.0 Å². The normalized spacial score (nSPS) is 12.8. The van der Waals surface area contributed by atoms with Gasteiger partial charge in [-0.2, -0.15) is 26.3 Å². The third-order valence-electron chi connectivity index (χ3n) is 2.77. The Labute approximate surface area is 156 Å². The topological polar surface area (TPSA) is 86.3 Å². The number of aromatic nitrogens is 1. The summed E-state index contributed by atoms with van der Waals surface area (Å²) < 4.78 is 111. The predicted octanol–water partition coefficient (Wildman–Crippen LogP) is 3.08. The lowest BCUT2D eigenvalue weighted by Crippen LogP contribution is -2.32. The van der Waals surface area contributed by atoms with Gasteiger partial charge in [0.15, 0.2) is 39.0 Å². The van der Waals surface area contributed by atoms with E-state index in [0.29, 0.717) is 0 Å². The van der Waals surface area contributed by atoms with Crippen molar-refractivity contribution in [1.82, 2.24) is 0 Å². The molecular weight excluding hydrogens is 438 g/mol. The summed E-state index contributed by atoms with van der Waals surface area (Å²) in [5.41, 5.74) is -11.1. The van der Waals surface area contributed by atoms with Crippen molar-refractivity contribution in [2.75, 3.05) is 0 Å². The Bertz CT molecular complexity index is 881. The zero-order valence-electron chi connectivity index (χ0n) is 13.6. The molecule has 1 aromatic heterocycles. The molecule has 2 rings (SSSR count). The molecule has 2 aromatic rings. The van der Waals surface area contributed by atoms with Crippen LogP contribution in [0.1, 0.15) is 5.56 Å². The van der Waals surface area contributed by atoms with Crippen molar-refractivity contribution < 1.29 is 47.7 Å². The average Bonchev–Trinajstić information content (AvgIpc) is 2.54. The van der Waals surface area contributed by atoms with Crippen molar-refractivity contribution in [3.05, 3.63) is 70.6 Å². The summed E-state index contributed by atoms with van der Waals surface area (Å²) in [6.07, 6.45) is 4.15. The van der Waals surface area contributed by atoms with Gasteiger partial charge in [0, 0.05) is 17.7 Å². The van der Waals surface area contributed by atoms with Crippen LogP contribution in [0, 0.1) is 0 Å². The van der Waals surface area contributed by atoms with Crippen molar-refractivity contribution in [3.63, 3.8) is 0 Å². The van der Waals surface area contributed by atoms with E-state index in [-0.39, 0.29) is 0 Å². The first-order chi connectivity index (χ1) is 12.7. The van der Waals surface area contributed by atoms with E-state index in [9.17, 15) is 43.2 Å². The fourth-order valence-corrected chi connectivity index (χ4v) is 3.26. The van der Waals surface area contributed by atoms with E-state index in [1.165, 1.54) is 5.56 Å². The third kappa shape index (κ3) is 7.09. The molecule has 0 saturated heterocycles. The van der Waals surface area contributed by atoms with Crippen LogP contribution in [0.3, 0.4) is 0 Å². The standard InChI is InChI=1S/C12H12N.C2F6NO4S2/c1-3-7-12(8-4-1)11-13-9-5-2-6-10-13;3-1(4,5)14(10,11)9-15(12,13)2(6,7)8/h1-10H,11H2;/q+1;-1. The van der Waals surface area contributed by atoms with Crippen LogP contribution in [-0.4, -0.2) is 27.9 Å². The number of pyridine rings is 1. The first-order valence-electron chi connectivity index (χ1n) is 7.00. The smallest absolute Gasteiger partial charge is 0.421 e. The Hall–Kier alpha value is -2.19. The SMILES string of the molecule is O=S(=O)([N-]S(=O)(=O)C(F)(F)F)C(F)(F)F.c1ccc(C[n+]2ccccc2)cc1. The van der Waals surface area contributed by atoms with Gasteiger partial charge in [-0.3, -0.25) is 0 Å². The fourth-order valence-electron chi connectivity index (χ4n) is 1.55. The quantitative estimate of drug-likeness (QED) is 0.529. The van der Waals surface area contributed by atoms with E-state index in [2.05, 4.69) is 41.2 Å². The van der Waals surface area contributed by atoms with Gasteiger partial charge in [0.05, 0.1) is 0 Å². The highest BCUT2D eigenvalue weighted by atomic mass is 32.3. The van der Waals surface area contributed by atoms with Crippen LogP contribution in [0.15, 0.2) is 60.9 Å². The van der Waals surface area contributed by atoms with Crippen molar-refractivity contribution >= 4 is 20.0 Å². The molecule has 0 unspecified atom stereocenters. The van der Waals surface area contributed by atoms with Gasteiger partial charge in [0.25, 0.3) is 0 Å². The minimum Gasteiger partial charge on any atom is -0.421 e. The van der Waals surface area contributed by atoms with Gasteiger partial charge in [-0.25, -0.2) is 21.4 Å². The Kier molecular flexibility index (Phi) is 7.56. The highest BCUT2D eigenvalue weighted by Gasteiger charge is 2.46. The molecule has 1 heterocycles. The largest absolute Gasteiger partial charge is 0.480 e. The first-order valence-corrected chi connectivity index (χ1v) is 9.88. The van der Waals surface area contributed by atoms with Gasteiger partial charge in [-0.15, -0.1) is 0 Å². The molecule has 6 nitrogen and oxygen atoms in total. The fraction of sp³-hybridized carbons (Fsp3) is 0.214. The molecule has 156 valence electrons. The van der Waals surface area contributed by atoms with Gasteiger partial charge in [-0.05, 0) is 0 Å². The van der Waals surface area contributed by atoms with E-state index in [4.69, 9.17) is 0 Å². The molecule has 0 aliphatic carbocycles. The van der Waals surface area contributed by atoms with Crippen LogP contribution in [-0.2, 0) is 26.6 Å². The third-order valence-corrected chi connectivity index (χ3v) is 5.51. The number of benzene rings is 1. The monoisotopic (exact) mass is 450 g/mol. The molecule has 0 saturated carbocycles. The molecule has 0 radical (unpaired) electrons. The number of halogens is 6. The van der Waals surface area contributed by atoms with E-state index in [1.807, 2.05) is 24.3 Å². The van der Waals surface area contributed by atoms with Crippen LogP contribution in [0.4, 0.5) is 26.3 Å². The molecule has 0 spiro atoms. The maximum atomic E-state index is 11.4. The Morgan fingerprint density at radius 1 is 0.714 bits per heavy atom. The zero-order valence-corrected chi connectivity index (χ0v) is 15.2. The number of sulfonamides is 2. The Morgan fingerprint density at radius 2 is 1.11 bits per heavy atom. The second-order valence-electron chi connectivity index (χ2n) is 4.95. The highest BCUT2D eigenvalue weighted by Crippen LogP contribution is 2.36. The molecule has 0 atom stereocenters. The predicted molar refractivity (Wildman–Crippen MR) is 85.5 cm³/mol. The molecule has 28 heavy (non-hydrogen) atoms. The molecular formula is C14H12F6N2O4S2. The molecule has 1 aromatic carbocycles. The first kappa shape index (κ1) is 23.8. The number of alkyl halides is 6. The lowest BCUT2D eigenvalue weighted by atomic mass is 10.2. The van der Waals surface area contributed by atoms with Crippen molar-refractivity contribution in [2.24, 2.45) is 0 Å². The average molecular weight is 450 g/mol. The van der Waals surface area contributed by atoms with E-state index >= 15 is 0 Å². The summed E-state index contributed by atoms with van der Waals surface area (Å²) in [5, 5.41) is 0. The van der Waals surface area contributed by atoms with Gasteiger partial charge in [0.1, 0.15) is 0 Å². The van der Waals surface area contributed by atoms with E-state index < -0.39 is 31.1 Å². The molecule has 0 bridgehead atoms. The number of rotatable bonds is 4. The van der Waals surface area contributed by atoms with E-state index in [0.717, 1.165) is 10.7 Å². The summed E-state index contributed by atoms with van der Waals surface area (Å²) in [6, 6.07) is 16.6. The maximum Gasteiger partial charge on any atom is 0.480 e. The van der Waals surface area contributed by atoms with Crippen LogP contribution >= 0.6 is 0 Å². The van der Waals surface area contributed by atoms with Crippen molar-refractivity contribution in [1.29, 1.82) is 0 Å². The van der Waals surface area contributed by atoms with Crippen LogP contribution in [0.5, 0.6) is 0 Å². The Balaban J connectivity index is 0.000000281. The molecule has 0 fully saturated rings. The second-order valence-corrected chi connectivity index (χ2v) is 8.37. The zero-order chi connectivity index (χ0) is 21.6. The maximum absolute atomic E-state index is 11.4. The van der Waals surface area contributed by atoms with Crippen molar-refractivity contribution in [2.45, 2.75) is 17.6 Å². The summed E-state index contributed by atoms with van der Waals surface area (Å²) in [4.78, 5) is 0. The molecule has 14 heteroatoms. The summed E-state index contributed by atoms with van der Waals surface area (Å²) >= 11 is 0. The minimum atomic E-state index is -6.72. The van der Waals surface area contributed by atoms with Crippen LogP contribution < -0.4 is 4.57 Å². The number of nitrogens with zero attached hydrogens (tertiary/aromatic N) is 2. The molecule has 0 aliphatic rings. The van der Waals surface area contributed by atoms with Gasteiger partial charge in [0.2, 0.25) is 0 Å². The van der Waals surface area contributed by atoms with Gasteiger partial charge in [-0.1, -0.05) is 36.4 Å². The second kappa shape index (κ2) is 8.87. The van der Waals surface area contributed by atoms with Gasteiger partial charge < -0.3 is 4.13 Å². The molecule has 0 N–H and O–H groups in total. The van der Waals surface area contributed by atoms with E-state index in [1.54, 1.807) is 0 Å². The molecule has 0 amide bonds. The Morgan fingerprint density at radius 3 is 1.50 bits per heavy atom. The number of hydrogen-bond acceptors (Lipinski definition) is 4. The van der Waals surface area contributed by atoms with Crippen molar-refractivity contribution in [3.8, 4) is 0 Å². The highest BCUT2D eigenvalue weighted by molar-refractivity contribution is 8.13. The minimum absolute atomic E-state index is 0.778.